The van der Waals surface area contributed by atoms with Crippen LogP contribution in [0, 0.1) is 0 Å². The van der Waals surface area contributed by atoms with Crippen LogP contribution in [-0.4, -0.2) is 51.4 Å². The normalized spacial score (nSPS) is 26.9. The van der Waals surface area contributed by atoms with E-state index in [9.17, 15) is 14.4 Å². The van der Waals surface area contributed by atoms with Gasteiger partial charge in [0.15, 0.2) is 0 Å². The fourth-order valence-electron chi connectivity index (χ4n) is 2.82. The second-order valence-corrected chi connectivity index (χ2v) is 4.84. The van der Waals surface area contributed by atoms with Crippen molar-refractivity contribution in [3.8, 4) is 0 Å². The number of unbranched alkanes of at least 4 members (excludes halogenated alkanes) is 1. The van der Waals surface area contributed by atoms with Gasteiger partial charge in [-0.05, 0) is 12.8 Å². The molecule has 0 aromatic rings. The third-order valence-corrected chi connectivity index (χ3v) is 3.63. The Kier molecular flexibility index (Phi) is 3.54. The monoisotopic (exact) mass is 254 g/mol. The Hall–Kier alpha value is -1.59. The summed E-state index contributed by atoms with van der Waals surface area (Å²) in [6.45, 7) is 1.72. The van der Waals surface area contributed by atoms with E-state index < -0.39 is 12.0 Å². The van der Waals surface area contributed by atoms with Crippen molar-refractivity contribution in [2.24, 2.45) is 0 Å². The molecule has 0 saturated carbocycles. The highest BCUT2D eigenvalue weighted by Gasteiger charge is 2.51. The highest BCUT2D eigenvalue weighted by molar-refractivity contribution is 5.94. The lowest BCUT2D eigenvalue weighted by atomic mass is 10.1. The SMILES string of the molecule is CCCC[C@H]1C(=O)N(CC(=O)O)[C@@H]2CCC(=O)N12. The van der Waals surface area contributed by atoms with Gasteiger partial charge in [-0.25, -0.2) is 0 Å². The molecule has 0 aromatic heterocycles. The van der Waals surface area contributed by atoms with E-state index in [1.54, 1.807) is 4.90 Å². The zero-order chi connectivity index (χ0) is 13.3. The van der Waals surface area contributed by atoms with E-state index in [1.807, 2.05) is 6.92 Å². The van der Waals surface area contributed by atoms with Crippen LogP contribution in [-0.2, 0) is 14.4 Å². The zero-order valence-electron chi connectivity index (χ0n) is 10.5. The third-order valence-electron chi connectivity index (χ3n) is 3.63. The molecule has 0 aromatic carbocycles. The molecule has 0 unspecified atom stereocenters. The average molecular weight is 254 g/mol. The minimum atomic E-state index is -1.03. The molecular formula is C12H18N2O4. The molecule has 2 fully saturated rings. The lowest BCUT2D eigenvalue weighted by Crippen LogP contribution is -2.39. The van der Waals surface area contributed by atoms with E-state index in [-0.39, 0.29) is 24.5 Å². The largest absolute Gasteiger partial charge is 0.480 e. The average Bonchev–Trinajstić information content (AvgIpc) is 2.79. The highest BCUT2D eigenvalue weighted by atomic mass is 16.4. The molecular weight excluding hydrogens is 236 g/mol. The lowest BCUT2D eigenvalue weighted by Gasteiger charge is -2.23. The van der Waals surface area contributed by atoms with Crippen LogP contribution in [0.3, 0.4) is 0 Å². The second kappa shape index (κ2) is 4.96. The Morgan fingerprint density at radius 1 is 1.44 bits per heavy atom. The second-order valence-electron chi connectivity index (χ2n) is 4.84. The van der Waals surface area contributed by atoms with Gasteiger partial charge in [-0.1, -0.05) is 19.8 Å². The first kappa shape index (κ1) is 12.9. The van der Waals surface area contributed by atoms with Gasteiger partial charge in [0, 0.05) is 6.42 Å². The summed E-state index contributed by atoms with van der Waals surface area (Å²) in [7, 11) is 0. The molecule has 2 aliphatic rings. The Morgan fingerprint density at radius 3 is 2.78 bits per heavy atom. The maximum atomic E-state index is 12.2. The van der Waals surface area contributed by atoms with Crippen molar-refractivity contribution < 1.29 is 19.5 Å². The zero-order valence-corrected chi connectivity index (χ0v) is 10.5. The molecule has 18 heavy (non-hydrogen) atoms. The van der Waals surface area contributed by atoms with Crippen molar-refractivity contribution in [1.29, 1.82) is 0 Å². The molecule has 2 aliphatic heterocycles. The number of fused-ring (bicyclic) bond motifs is 1. The molecule has 2 rings (SSSR count). The van der Waals surface area contributed by atoms with Crippen molar-refractivity contribution in [3.63, 3.8) is 0 Å². The summed E-state index contributed by atoms with van der Waals surface area (Å²) in [5.41, 5.74) is 0. The van der Waals surface area contributed by atoms with Gasteiger partial charge in [-0.15, -0.1) is 0 Å². The van der Waals surface area contributed by atoms with E-state index in [2.05, 4.69) is 0 Å². The van der Waals surface area contributed by atoms with Crippen LogP contribution in [0.5, 0.6) is 0 Å². The Balaban J connectivity index is 2.17. The van der Waals surface area contributed by atoms with Gasteiger partial charge in [0.25, 0.3) is 0 Å². The molecule has 0 spiro atoms. The van der Waals surface area contributed by atoms with Crippen LogP contribution >= 0.6 is 0 Å². The molecule has 6 nitrogen and oxygen atoms in total. The molecule has 2 heterocycles. The topological polar surface area (TPSA) is 77.9 Å². The maximum absolute atomic E-state index is 12.2. The first-order valence-electron chi connectivity index (χ1n) is 6.39. The number of rotatable bonds is 5. The van der Waals surface area contributed by atoms with Gasteiger partial charge in [0.05, 0.1) is 0 Å². The maximum Gasteiger partial charge on any atom is 0.323 e. The van der Waals surface area contributed by atoms with Crippen molar-refractivity contribution >= 4 is 17.8 Å². The molecule has 100 valence electrons. The van der Waals surface area contributed by atoms with Crippen LogP contribution in [0.2, 0.25) is 0 Å². The lowest BCUT2D eigenvalue weighted by molar-refractivity contribution is -0.144. The molecule has 0 radical (unpaired) electrons. The van der Waals surface area contributed by atoms with Crippen LogP contribution < -0.4 is 0 Å². The summed E-state index contributed by atoms with van der Waals surface area (Å²) in [4.78, 5) is 37.7. The van der Waals surface area contributed by atoms with Gasteiger partial charge in [0.1, 0.15) is 18.8 Å². The smallest absolute Gasteiger partial charge is 0.323 e. The number of carboxylic acid groups (broad SMARTS) is 1. The first-order chi connectivity index (χ1) is 8.56. The predicted octanol–water partition coefficient (Wildman–Crippen LogP) is 0.420. The number of carbonyl (C=O) groups is 3. The number of hydrogen-bond acceptors (Lipinski definition) is 3. The minimum Gasteiger partial charge on any atom is -0.480 e. The van der Waals surface area contributed by atoms with E-state index >= 15 is 0 Å². The van der Waals surface area contributed by atoms with Crippen LogP contribution in [0.15, 0.2) is 0 Å². The van der Waals surface area contributed by atoms with Crippen molar-refractivity contribution in [2.75, 3.05) is 6.54 Å². The predicted molar refractivity (Wildman–Crippen MR) is 62.5 cm³/mol. The van der Waals surface area contributed by atoms with Gasteiger partial charge >= 0.3 is 5.97 Å². The van der Waals surface area contributed by atoms with E-state index in [0.29, 0.717) is 19.3 Å². The van der Waals surface area contributed by atoms with Gasteiger partial charge in [-0.2, -0.15) is 0 Å². The van der Waals surface area contributed by atoms with E-state index in [1.165, 1.54) is 4.90 Å². The third kappa shape index (κ3) is 2.07. The Bertz CT molecular complexity index is 382. The van der Waals surface area contributed by atoms with Crippen LogP contribution in [0.4, 0.5) is 0 Å². The fraction of sp³-hybridized carbons (Fsp3) is 0.750. The number of hydrogen-bond donors (Lipinski definition) is 1. The number of aliphatic carboxylic acids is 1. The molecule has 6 heteroatoms. The summed E-state index contributed by atoms with van der Waals surface area (Å²) in [5.74, 6) is -1.26. The van der Waals surface area contributed by atoms with E-state index in [4.69, 9.17) is 5.11 Å². The number of carboxylic acids is 1. The number of nitrogens with zero attached hydrogens (tertiary/aromatic N) is 2. The molecule has 2 amide bonds. The molecule has 2 saturated heterocycles. The summed E-state index contributed by atoms with van der Waals surface area (Å²) in [6, 6.07) is -0.440. The van der Waals surface area contributed by atoms with Gasteiger partial charge in [-0.3, -0.25) is 14.4 Å². The van der Waals surface area contributed by atoms with E-state index in [0.717, 1.165) is 12.8 Å². The standard InChI is InChI=1S/C12H18N2O4/c1-2-3-4-8-12(18)13(7-11(16)17)9-5-6-10(15)14(8)9/h8-9H,2-7H2,1H3,(H,16,17)/t8-,9-/m0/s1. The van der Waals surface area contributed by atoms with Gasteiger partial charge < -0.3 is 14.9 Å². The highest BCUT2D eigenvalue weighted by Crippen LogP contribution is 2.33. The minimum absolute atomic E-state index is 0.0256. The van der Waals surface area contributed by atoms with Crippen LogP contribution in [0.25, 0.3) is 0 Å². The summed E-state index contributed by atoms with van der Waals surface area (Å²) >= 11 is 0. The van der Waals surface area contributed by atoms with Crippen molar-refractivity contribution in [2.45, 2.75) is 51.2 Å². The van der Waals surface area contributed by atoms with Gasteiger partial charge in [0.2, 0.25) is 11.8 Å². The Labute approximate surface area is 106 Å². The van der Waals surface area contributed by atoms with Crippen LogP contribution in [0.1, 0.15) is 39.0 Å². The fourth-order valence-corrected chi connectivity index (χ4v) is 2.82. The number of carbonyl (C=O) groups excluding carboxylic acids is 2. The molecule has 0 bridgehead atoms. The Morgan fingerprint density at radius 2 is 2.17 bits per heavy atom. The first-order valence-corrected chi connectivity index (χ1v) is 6.39. The summed E-state index contributed by atoms with van der Waals surface area (Å²) in [5, 5.41) is 8.84. The molecule has 2 atom stereocenters. The quantitative estimate of drug-likeness (QED) is 0.771. The molecule has 0 aliphatic carbocycles. The summed E-state index contributed by atoms with van der Waals surface area (Å²) in [6.07, 6.45) is 3.09. The van der Waals surface area contributed by atoms with Crippen molar-refractivity contribution in [3.05, 3.63) is 0 Å². The number of amides is 2. The summed E-state index contributed by atoms with van der Waals surface area (Å²) < 4.78 is 0. The van der Waals surface area contributed by atoms with Crippen molar-refractivity contribution in [1.82, 2.24) is 9.80 Å². The molecule has 1 N–H and O–H groups in total.